The molecule has 1 amide bonds. The fourth-order valence-corrected chi connectivity index (χ4v) is 3.25. The van der Waals surface area contributed by atoms with Crippen LogP contribution < -0.4 is 5.32 Å². The predicted octanol–water partition coefficient (Wildman–Crippen LogP) is 3.72. The van der Waals surface area contributed by atoms with Gasteiger partial charge in [0.25, 0.3) is 5.91 Å². The van der Waals surface area contributed by atoms with Crippen LogP contribution in [-0.2, 0) is 20.9 Å². The Bertz CT molecular complexity index is 792. The van der Waals surface area contributed by atoms with Crippen LogP contribution in [0, 0.1) is 0 Å². The number of nitrogens with one attached hydrogen (secondary N) is 1. The maximum atomic E-state index is 12.2. The molecule has 1 fully saturated rings. The molecule has 1 aromatic heterocycles. The number of hydrogen-bond donors (Lipinski definition) is 1. The average molecular weight is 385 g/mol. The van der Waals surface area contributed by atoms with Crippen LogP contribution in [0.25, 0.3) is 0 Å². The highest BCUT2D eigenvalue weighted by Crippen LogP contribution is 2.31. The van der Waals surface area contributed by atoms with E-state index in [0.29, 0.717) is 24.0 Å². The maximum absolute atomic E-state index is 12.2. The SMILES string of the molecule is CC(C)OCc1ccc(C(=O)OCC(=O)Nc2ccnn2C2CCCC2)cc1. The van der Waals surface area contributed by atoms with Crippen LogP contribution in [0.2, 0.25) is 0 Å². The number of carbonyl (C=O) groups excluding carboxylic acids is 2. The highest BCUT2D eigenvalue weighted by molar-refractivity contribution is 5.95. The molecule has 1 saturated carbocycles. The van der Waals surface area contributed by atoms with Gasteiger partial charge in [0, 0.05) is 6.07 Å². The predicted molar refractivity (Wildman–Crippen MR) is 105 cm³/mol. The first kappa shape index (κ1) is 20.1. The van der Waals surface area contributed by atoms with Crippen LogP contribution in [-0.4, -0.2) is 34.4 Å². The van der Waals surface area contributed by atoms with Crippen molar-refractivity contribution in [2.75, 3.05) is 11.9 Å². The summed E-state index contributed by atoms with van der Waals surface area (Å²) >= 11 is 0. The molecule has 1 heterocycles. The van der Waals surface area contributed by atoms with Crippen LogP contribution in [0.3, 0.4) is 0 Å². The Labute approximate surface area is 165 Å². The molecule has 1 N–H and O–H groups in total. The smallest absolute Gasteiger partial charge is 0.338 e. The summed E-state index contributed by atoms with van der Waals surface area (Å²) in [6.07, 6.45) is 6.31. The number of benzene rings is 1. The number of anilines is 1. The molecule has 0 saturated heterocycles. The Kier molecular flexibility index (Phi) is 6.81. The third kappa shape index (κ3) is 5.42. The number of carbonyl (C=O) groups is 2. The Morgan fingerprint density at radius 1 is 1.18 bits per heavy atom. The second-order valence-corrected chi connectivity index (χ2v) is 7.28. The monoisotopic (exact) mass is 385 g/mol. The molecule has 2 aromatic rings. The largest absolute Gasteiger partial charge is 0.452 e. The zero-order chi connectivity index (χ0) is 19.9. The summed E-state index contributed by atoms with van der Waals surface area (Å²) < 4.78 is 12.5. The van der Waals surface area contributed by atoms with Gasteiger partial charge in [-0.15, -0.1) is 0 Å². The van der Waals surface area contributed by atoms with Crippen molar-refractivity contribution in [3.8, 4) is 0 Å². The molecule has 7 heteroatoms. The molecule has 0 radical (unpaired) electrons. The van der Waals surface area contributed by atoms with Crippen LogP contribution >= 0.6 is 0 Å². The molecule has 7 nitrogen and oxygen atoms in total. The molecule has 0 spiro atoms. The van der Waals surface area contributed by atoms with Gasteiger partial charge in [0.05, 0.1) is 30.5 Å². The van der Waals surface area contributed by atoms with Crippen molar-refractivity contribution in [3.63, 3.8) is 0 Å². The number of nitrogens with zero attached hydrogens (tertiary/aromatic N) is 2. The van der Waals surface area contributed by atoms with Crippen molar-refractivity contribution >= 4 is 17.7 Å². The van der Waals surface area contributed by atoms with E-state index in [-0.39, 0.29) is 18.6 Å². The van der Waals surface area contributed by atoms with Gasteiger partial charge in [-0.1, -0.05) is 25.0 Å². The van der Waals surface area contributed by atoms with Gasteiger partial charge in [-0.3, -0.25) is 4.79 Å². The molecule has 0 atom stereocenters. The fourth-order valence-electron chi connectivity index (χ4n) is 3.25. The van der Waals surface area contributed by atoms with Crippen LogP contribution in [0.4, 0.5) is 5.82 Å². The van der Waals surface area contributed by atoms with E-state index in [0.717, 1.165) is 18.4 Å². The molecular weight excluding hydrogens is 358 g/mol. The van der Waals surface area contributed by atoms with E-state index in [1.54, 1.807) is 24.4 Å². The van der Waals surface area contributed by atoms with Gasteiger partial charge in [-0.2, -0.15) is 5.10 Å². The van der Waals surface area contributed by atoms with Gasteiger partial charge in [-0.25, -0.2) is 9.48 Å². The van der Waals surface area contributed by atoms with E-state index in [2.05, 4.69) is 10.4 Å². The third-order valence-electron chi connectivity index (χ3n) is 4.72. The summed E-state index contributed by atoms with van der Waals surface area (Å²) in [6, 6.07) is 9.07. The molecule has 1 aliphatic carbocycles. The van der Waals surface area contributed by atoms with E-state index < -0.39 is 5.97 Å². The first-order valence-corrected chi connectivity index (χ1v) is 9.74. The Hall–Kier alpha value is -2.67. The van der Waals surface area contributed by atoms with E-state index in [1.165, 1.54) is 12.8 Å². The molecule has 1 aliphatic rings. The lowest BCUT2D eigenvalue weighted by atomic mass is 10.1. The lowest BCUT2D eigenvalue weighted by Gasteiger charge is -2.14. The number of aromatic nitrogens is 2. The standard InChI is InChI=1S/C21H27N3O4/c1-15(2)27-13-16-7-9-17(10-8-16)21(26)28-14-20(25)23-19-11-12-22-24(19)18-5-3-4-6-18/h7-12,15,18H,3-6,13-14H2,1-2H3,(H,23,25). The number of rotatable bonds is 8. The number of hydrogen-bond acceptors (Lipinski definition) is 5. The zero-order valence-electron chi connectivity index (χ0n) is 16.4. The number of ether oxygens (including phenoxy) is 2. The molecule has 1 aromatic carbocycles. The van der Waals surface area contributed by atoms with Gasteiger partial charge in [0.15, 0.2) is 6.61 Å². The minimum absolute atomic E-state index is 0.146. The fraction of sp³-hybridized carbons (Fsp3) is 0.476. The first-order valence-electron chi connectivity index (χ1n) is 9.74. The van der Waals surface area contributed by atoms with E-state index >= 15 is 0 Å². The summed E-state index contributed by atoms with van der Waals surface area (Å²) in [6.45, 7) is 4.09. The van der Waals surface area contributed by atoms with Crippen LogP contribution in [0.15, 0.2) is 36.5 Å². The first-order chi connectivity index (χ1) is 13.5. The Morgan fingerprint density at radius 2 is 1.89 bits per heavy atom. The Balaban J connectivity index is 1.48. The van der Waals surface area contributed by atoms with Gasteiger partial charge in [-0.05, 0) is 44.4 Å². The minimum atomic E-state index is -0.532. The topological polar surface area (TPSA) is 82.4 Å². The van der Waals surface area contributed by atoms with Crippen LogP contribution in [0.1, 0.15) is 61.5 Å². The number of esters is 1. The van der Waals surface area contributed by atoms with Crippen molar-refractivity contribution in [1.29, 1.82) is 0 Å². The lowest BCUT2D eigenvalue weighted by molar-refractivity contribution is -0.119. The number of amides is 1. The second kappa shape index (κ2) is 9.50. The van der Waals surface area contributed by atoms with Gasteiger partial charge in [0.1, 0.15) is 5.82 Å². The highest BCUT2D eigenvalue weighted by Gasteiger charge is 2.20. The zero-order valence-corrected chi connectivity index (χ0v) is 16.4. The summed E-state index contributed by atoms with van der Waals surface area (Å²) in [5.74, 6) is -0.270. The summed E-state index contributed by atoms with van der Waals surface area (Å²) in [7, 11) is 0. The average Bonchev–Trinajstić information content (AvgIpc) is 3.36. The maximum Gasteiger partial charge on any atom is 0.338 e. The molecule has 28 heavy (non-hydrogen) atoms. The summed E-state index contributed by atoms with van der Waals surface area (Å²) in [5.41, 5.74) is 1.38. The molecule has 0 unspecified atom stereocenters. The van der Waals surface area contributed by atoms with Gasteiger partial charge in [0.2, 0.25) is 0 Å². The van der Waals surface area contributed by atoms with Crippen molar-refractivity contribution in [1.82, 2.24) is 9.78 Å². The lowest BCUT2D eigenvalue weighted by Crippen LogP contribution is -2.23. The van der Waals surface area contributed by atoms with E-state index in [1.807, 2.05) is 30.7 Å². The summed E-state index contributed by atoms with van der Waals surface area (Å²) in [4.78, 5) is 24.3. The van der Waals surface area contributed by atoms with E-state index in [9.17, 15) is 9.59 Å². The summed E-state index contributed by atoms with van der Waals surface area (Å²) in [5, 5.41) is 7.09. The van der Waals surface area contributed by atoms with Gasteiger partial charge < -0.3 is 14.8 Å². The Morgan fingerprint density at radius 3 is 2.57 bits per heavy atom. The highest BCUT2D eigenvalue weighted by atomic mass is 16.5. The van der Waals surface area contributed by atoms with E-state index in [4.69, 9.17) is 9.47 Å². The third-order valence-corrected chi connectivity index (χ3v) is 4.72. The molecule has 0 aliphatic heterocycles. The van der Waals surface area contributed by atoms with Crippen molar-refractivity contribution in [2.45, 2.75) is 58.3 Å². The van der Waals surface area contributed by atoms with Crippen LogP contribution in [0.5, 0.6) is 0 Å². The molecule has 3 rings (SSSR count). The van der Waals surface area contributed by atoms with Crippen molar-refractivity contribution in [3.05, 3.63) is 47.7 Å². The second-order valence-electron chi connectivity index (χ2n) is 7.28. The molecule has 0 bridgehead atoms. The molecular formula is C21H27N3O4. The molecule has 150 valence electrons. The van der Waals surface area contributed by atoms with Crippen molar-refractivity contribution < 1.29 is 19.1 Å². The normalized spacial score (nSPS) is 14.4. The minimum Gasteiger partial charge on any atom is -0.452 e. The quantitative estimate of drug-likeness (QED) is 0.700. The van der Waals surface area contributed by atoms with Crippen molar-refractivity contribution in [2.24, 2.45) is 0 Å². The van der Waals surface area contributed by atoms with Gasteiger partial charge >= 0.3 is 5.97 Å².